The first-order valence-electron chi connectivity index (χ1n) is 9.12. The van der Waals surface area contributed by atoms with Crippen LogP contribution in [0.15, 0.2) is 53.4 Å². The molecule has 4 rings (SSSR count). The Kier molecular flexibility index (Phi) is 4.98. The molecule has 2 aromatic rings. The summed E-state index contributed by atoms with van der Waals surface area (Å²) in [5.74, 6) is 0.522. The molecule has 0 saturated heterocycles. The highest BCUT2D eigenvalue weighted by Crippen LogP contribution is 2.35. The highest BCUT2D eigenvalue weighted by Gasteiger charge is 2.26. The molecular weight excluding hydrogens is 344 g/mol. The number of amides is 2. The van der Waals surface area contributed by atoms with Crippen LogP contribution in [0.2, 0.25) is 0 Å². The number of thioether (sulfide) groups is 1. The Morgan fingerprint density at radius 3 is 2.88 bits per heavy atom. The molecule has 4 nitrogen and oxygen atoms in total. The monoisotopic (exact) mass is 366 g/mol. The summed E-state index contributed by atoms with van der Waals surface area (Å²) in [5, 5.41) is 3.17. The molecule has 2 amide bonds. The highest BCUT2D eigenvalue weighted by molar-refractivity contribution is 8.00. The SMILES string of the molecule is O=C(CCN1C(=O)CSc2ccccc21)NC1CCCc2ccccc21. The van der Waals surface area contributed by atoms with Gasteiger partial charge in [0.15, 0.2) is 0 Å². The number of hydrogen-bond acceptors (Lipinski definition) is 3. The Hall–Kier alpha value is -2.27. The standard InChI is InChI=1S/C21H22N2O2S/c24-20(22-17-9-5-7-15-6-1-2-8-16(15)17)12-13-23-18-10-3-4-11-19(18)26-14-21(23)25/h1-4,6,8,10-11,17H,5,7,9,12-14H2,(H,22,24). The first kappa shape index (κ1) is 17.2. The normalized spacial score (nSPS) is 18.8. The molecule has 134 valence electrons. The lowest BCUT2D eigenvalue weighted by molar-refractivity contribution is -0.121. The lowest BCUT2D eigenvalue weighted by atomic mass is 9.87. The van der Waals surface area contributed by atoms with Crippen LogP contribution in [-0.2, 0) is 16.0 Å². The molecule has 1 heterocycles. The number of para-hydroxylation sites is 1. The fraction of sp³-hybridized carbons (Fsp3) is 0.333. The number of carbonyl (C=O) groups is 2. The summed E-state index contributed by atoms with van der Waals surface area (Å²) in [6.45, 7) is 0.427. The molecule has 0 radical (unpaired) electrons. The second kappa shape index (κ2) is 7.54. The van der Waals surface area contributed by atoms with Gasteiger partial charge in [-0.3, -0.25) is 9.59 Å². The molecule has 1 N–H and O–H groups in total. The van der Waals surface area contributed by atoms with Crippen molar-refractivity contribution in [2.45, 2.75) is 36.6 Å². The summed E-state index contributed by atoms with van der Waals surface area (Å²) in [4.78, 5) is 27.7. The number of carbonyl (C=O) groups excluding carboxylic acids is 2. The van der Waals surface area contributed by atoms with Crippen molar-refractivity contribution in [1.82, 2.24) is 5.32 Å². The van der Waals surface area contributed by atoms with Crippen molar-refractivity contribution in [2.24, 2.45) is 0 Å². The van der Waals surface area contributed by atoms with E-state index >= 15 is 0 Å². The molecule has 2 aromatic carbocycles. The predicted molar refractivity (Wildman–Crippen MR) is 104 cm³/mol. The van der Waals surface area contributed by atoms with Gasteiger partial charge in [-0.15, -0.1) is 11.8 Å². The summed E-state index contributed by atoms with van der Waals surface area (Å²) in [5.41, 5.74) is 3.49. The van der Waals surface area contributed by atoms with E-state index in [4.69, 9.17) is 0 Å². The molecule has 1 atom stereocenters. The van der Waals surface area contributed by atoms with Gasteiger partial charge in [0.25, 0.3) is 0 Å². The van der Waals surface area contributed by atoms with Crippen LogP contribution in [0, 0.1) is 0 Å². The molecule has 1 aliphatic carbocycles. The fourth-order valence-electron chi connectivity index (χ4n) is 3.78. The maximum absolute atomic E-state index is 12.5. The minimum atomic E-state index is 0.00945. The smallest absolute Gasteiger partial charge is 0.237 e. The van der Waals surface area contributed by atoms with Gasteiger partial charge in [0.05, 0.1) is 17.5 Å². The van der Waals surface area contributed by atoms with Gasteiger partial charge in [-0.25, -0.2) is 0 Å². The number of rotatable bonds is 4. The summed E-state index contributed by atoms with van der Waals surface area (Å²) >= 11 is 1.56. The van der Waals surface area contributed by atoms with Crippen LogP contribution in [-0.4, -0.2) is 24.1 Å². The topological polar surface area (TPSA) is 49.4 Å². The van der Waals surface area contributed by atoms with Crippen molar-refractivity contribution < 1.29 is 9.59 Å². The van der Waals surface area contributed by atoms with Gasteiger partial charge in [0, 0.05) is 17.9 Å². The lowest BCUT2D eigenvalue weighted by Crippen LogP contribution is -2.39. The average molecular weight is 366 g/mol. The molecule has 1 unspecified atom stereocenters. The van der Waals surface area contributed by atoms with Crippen LogP contribution in [0.25, 0.3) is 0 Å². The van der Waals surface area contributed by atoms with Crippen molar-refractivity contribution in [1.29, 1.82) is 0 Å². The van der Waals surface area contributed by atoms with E-state index in [9.17, 15) is 9.59 Å². The van der Waals surface area contributed by atoms with Crippen molar-refractivity contribution in [2.75, 3.05) is 17.2 Å². The number of aryl methyl sites for hydroxylation is 1. The van der Waals surface area contributed by atoms with Crippen LogP contribution >= 0.6 is 11.8 Å². The summed E-state index contributed by atoms with van der Waals surface area (Å²) < 4.78 is 0. The summed E-state index contributed by atoms with van der Waals surface area (Å²) in [7, 11) is 0. The molecular formula is C21H22N2O2S. The third kappa shape index (κ3) is 3.49. The molecule has 0 aromatic heterocycles. The molecule has 0 spiro atoms. The van der Waals surface area contributed by atoms with Crippen LogP contribution in [0.5, 0.6) is 0 Å². The Bertz CT molecular complexity index is 836. The Balaban J connectivity index is 1.40. The number of hydrogen-bond donors (Lipinski definition) is 1. The van der Waals surface area contributed by atoms with E-state index in [2.05, 4.69) is 23.5 Å². The number of nitrogens with one attached hydrogen (secondary N) is 1. The highest BCUT2D eigenvalue weighted by atomic mass is 32.2. The fourth-order valence-corrected chi connectivity index (χ4v) is 4.72. The zero-order valence-corrected chi connectivity index (χ0v) is 15.4. The first-order chi connectivity index (χ1) is 12.7. The summed E-state index contributed by atoms with van der Waals surface area (Å²) in [6, 6.07) is 16.3. The predicted octanol–water partition coefficient (Wildman–Crippen LogP) is 3.71. The Labute approximate surface area is 158 Å². The number of anilines is 1. The van der Waals surface area contributed by atoms with Crippen molar-refractivity contribution in [3.05, 3.63) is 59.7 Å². The average Bonchev–Trinajstić information content (AvgIpc) is 2.67. The molecule has 0 bridgehead atoms. The number of benzene rings is 2. The summed E-state index contributed by atoms with van der Waals surface area (Å²) in [6.07, 6.45) is 3.48. The third-order valence-corrected chi connectivity index (χ3v) is 6.12. The van der Waals surface area contributed by atoms with E-state index in [0.717, 1.165) is 29.8 Å². The van der Waals surface area contributed by atoms with E-state index in [1.54, 1.807) is 16.7 Å². The second-order valence-electron chi connectivity index (χ2n) is 6.76. The minimum absolute atomic E-state index is 0.00945. The van der Waals surface area contributed by atoms with Crippen molar-refractivity contribution >= 4 is 29.3 Å². The molecule has 1 aliphatic heterocycles. The van der Waals surface area contributed by atoms with E-state index in [1.807, 2.05) is 30.3 Å². The maximum Gasteiger partial charge on any atom is 0.237 e. The van der Waals surface area contributed by atoms with Crippen LogP contribution < -0.4 is 10.2 Å². The third-order valence-electron chi connectivity index (χ3n) is 5.08. The first-order valence-corrected chi connectivity index (χ1v) is 10.1. The zero-order valence-electron chi connectivity index (χ0n) is 14.6. The molecule has 0 fully saturated rings. The van der Waals surface area contributed by atoms with E-state index in [1.165, 1.54) is 11.1 Å². The zero-order chi connectivity index (χ0) is 17.9. The van der Waals surface area contributed by atoms with Gasteiger partial charge in [0.2, 0.25) is 11.8 Å². The molecule has 5 heteroatoms. The minimum Gasteiger partial charge on any atom is -0.349 e. The van der Waals surface area contributed by atoms with Crippen molar-refractivity contribution in [3.63, 3.8) is 0 Å². The molecule has 2 aliphatic rings. The quantitative estimate of drug-likeness (QED) is 0.897. The van der Waals surface area contributed by atoms with E-state index in [0.29, 0.717) is 18.7 Å². The van der Waals surface area contributed by atoms with Gasteiger partial charge in [-0.2, -0.15) is 0 Å². The van der Waals surface area contributed by atoms with E-state index < -0.39 is 0 Å². The number of fused-ring (bicyclic) bond motifs is 2. The maximum atomic E-state index is 12.5. The number of nitrogens with zero attached hydrogens (tertiary/aromatic N) is 1. The van der Waals surface area contributed by atoms with Gasteiger partial charge in [-0.1, -0.05) is 36.4 Å². The lowest BCUT2D eigenvalue weighted by Gasteiger charge is -2.29. The van der Waals surface area contributed by atoms with Crippen LogP contribution in [0.3, 0.4) is 0 Å². The van der Waals surface area contributed by atoms with Crippen LogP contribution in [0.1, 0.15) is 36.4 Å². The van der Waals surface area contributed by atoms with Gasteiger partial charge in [0.1, 0.15) is 0 Å². The Morgan fingerprint density at radius 2 is 1.96 bits per heavy atom. The second-order valence-corrected chi connectivity index (χ2v) is 7.78. The van der Waals surface area contributed by atoms with Crippen molar-refractivity contribution in [3.8, 4) is 0 Å². The Morgan fingerprint density at radius 1 is 1.15 bits per heavy atom. The van der Waals surface area contributed by atoms with E-state index in [-0.39, 0.29) is 17.9 Å². The molecule has 0 saturated carbocycles. The van der Waals surface area contributed by atoms with Gasteiger partial charge < -0.3 is 10.2 Å². The van der Waals surface area contributed by atoms with Gasteiger partial charge >= 0.3 is 0 Å². The van der Waals surface area contributed by atoms with Gasteiger partial charge in [-0.05, 0) is 42.5 Å². The van der Waals surface area contributed by atoms with Crippen LogP contribution in [0.4, 0.5) is 5.69 Å². The molecule has 26 heavy (non-hydrogen) atoms. The largest absolute Gasteiger partial charge is 0.349 e.